The zero-order chi connectivity index (χ0) is 13.5. The van der Waals surface area contributed by atoms with Crippen LogP contribution in [0.3, 0.4) is 0 Å². The fourth-order valence-corrected chi connectivity index (χ4v) is 2.75. The minimum Gasteiger partial charge on any atom is -0.303 e. The molecule has 0 amide bonds. The van der Waals surface area contributed by atoms with E-state index in [9.17, 15) is 0 Å². The van der Waals surface area contributed by atoms with Crippen molar-refractivity contribution in [3.8, 4) is 0 Å². The molecule has 1 atom stereocenters. The highest BCUT2D eigenvalue weighted by molar-refractivity contribution is 5.38. The van der Waals surface area contributed by atoms with Crippen molar-refractivity contribution in [2.24, 2.45) is 0 Å². The number of aryl methyl sites for hydroxylation is 1. The van der Waals surface area contributed by atoms with E-state index in [1.807, 2.05) is 23.6 Å². The minimum absolute atomic E-state index is 0.161. The third-order valence-corrected chi connectivity index (χ3v) is 3.81. The molecular formula is C15H15N5. The number of hydrogen-bond donors (Lipinski definition) is 1. The molecule has 4 rings (SSSR count). The van der Waals surface area contributed by atoms with Crippen LogP contribution in [0.25, 0.3) is 5.65 Å². The molecule has 0 radical (unpaired) electrons. The van der Waals surface area contributed by atoms with Gasteiger partial charge in [0.2, 0.25) is 0 Å². The van der Waals surface area contributed by atoms with Crippen molar-refractivity contribution in [2.75, 3.05) is 0 Å². The van der Waals surface area contributed by atoms with Gasteiger partial charge in [-0.2, -0.15) is 9.61 Å². The normalized spacial score (nSPS) is 18.1. The molecule has 5 nitrogen and oxygen atoms in total. The number of aromatic nitrogens is 4. The zero-order valence-corrected chi connectivity index (χ0v) is 11.2. The summed E-state index contributed by atoms with van der Waals surface area (Å²) in [5.41, 5.74) is 4.50. The molecule has 0 bridgehead atoms. The molecular weight excluding hydrogens is 250 g/mol. The van der Waals surface area contributed by atoms with Crippen LogP contribution in [0.15, 0.2) is 36.4 Å². The van der Waals surface area contributed by atoms with Crippen LogP contribution in [0, 0.1) is 6.92 Å². The van der Waals surface area contributed by atoms with E-state index < -0.39 is 0 Å². The van der Waals surface area contributed by atoms with Gasteiger partial charge in [0, 0.05) is 6.54 Å². The summed E-state index contributed by atoms with van der Waals surface area (Å²) in [6, 6.07) is 12.6. The van der Waals surface area contributed by atoms with E-state index in [0.29, 0.717) is 0 Å². The average molecular weight is 265 g/mol. The Morgan fingerprint density at radius 3 is 2.85 bits per heavy atom. The molecule has 1 aromatic carbocycles. The van der Waals surface area contributed by atoms with Gasteiger partial charge in [-0.1, -0.05) is 24.3 Å². The molecule has 0 saturated carbocycles. The average Bonchev–Trinajstić information content (AvgIpc) is 2.89. The maximum absolute atomic E-state index is 4.52. The molecule has 0 saturated heterocycles. The molecule has 2 aromatic heterocycles. The molecule has 1 unspecified atom stereocenters. The van der Waals surface area contributed by atoms with Gasteiger partial charge < -0.3 is 5.32 Å². The topological polar surface area (TPSA) is 55.1 Å². The lowest BCUT2D eigenvalue weighted by molar-refractivity contribution is 0.466. The van der Waals surface area contributed by atoms with Crippen LogP contribution >= 0.6 is 0 Å². The summed E-state index contributed by atoms with van der Waals surface area (Å²) in [6.45, 7) is 2.84. The fraction of sp³-hybridized carbons (Fsp3) is 0.267. The third kappa shape index (κ3) is 1.78. The molecule has 100 valence electrons. The number of benzene rings is 1. The van der Waals surface area contributed by atoms with Crippen LogP contribution in [0.5, 0.6) is 0 Å². The van der Waals surface area contributed by atoms with E-state index in [2.05, 4.69) is 44.9 Å². The Kier molecular flexibility index (Phi) is 2.53. The lowest BCUT2D eigenvalue weighted by Gasteiger charge is -2.24. The molecule has 0 fully saturated rings. The maximum atomic E-state index is 4.52. The SMILES string of the molecule is Cc1ccc2nnc(C3Cc4ccccc4CN3)n2n1. The summed E-state index contributed by atoms with van der Waals surface area (Å²) in [7, 11) is 0. The summed E-state index contributed by atoms with van der Waals surface area (Å²) in [5, 5.41) is 16.6. The van der Waals surface area contributed by atoms with Crippen molar-refractivity contribution in [3.05, 3.63) is 59.0 Å². The monoisotopic (exact) mass is 265 g/mol. The van der Waals surface area contributed by atoms with Crippen LogP contribution in [-0.2, 0) is 13.0 Å². The first-order valence-corrected chi connectivity index (χ1v) is 6.80. The Morgan fingerprint density at radius 2 is 1.95 bits per heavy atom. The van der Waals surface area contributed by atoms with Gasteiger partial charge in [-0.3, -0.25) is 0 Å². The highest BCUT2D eigenvalue weighted by atomic mass is 15.4. The van der Waals surface area contributed by atoms with Gasteiger partial charge in [0.25, 0.3) is 0 Å². The minimum atomic E-state index is 0.161. The van der Waals surface area contributed by atoms with Gasteiger partial charge in [0.15, 0.2) is 11.5 Å². The lowest BCUT2D eigenvalue weighted by atomic mass is 9.95. The number of nitrogens with one attached hydrogen (secondary N) is 1. The van der Waals surface area contributed by atoms with Crippen molar-refractivity contribution in [3.63, 3.8) is 0 Å². The summed E-state index contributed by atoms with van der Waals surface area (Å²) in [6.07, 6.45) is 0.923. The molecule has 1 aliphatic rings. The largest absolute Gasteiger partial charge is 0.303 e. The van der Waals surface area contributed by atoms with Gasteiger partial charge in [-0.25, -0.2) is 0 Å². The molecule has 5 heteroatoms. The molecule has 3 heterocycles. The van der Waals surface area contributed by atoms with E-state index in [0.717, 1.165) is 30.1 Å². The maximum Gasteiger partial charge on any atom is 0.177 e. The van der Waals surface area contributed by atoms with Crippen LogP contribution < -0.4 is 5.32 Å². The first kappa shape index (κ1) is 11.5. The molecule has 1 aliphatic heterocycles. The molecule has 0 aliphatic carbocycles. The first-order chi connectivity index (χ1) is 9.81. The number of nitrogens with zero attached hydrogens (tertiary/aromatic N) is 4. The number of hydrogen-bond acceptors (Lipinski definition) is 4. The summed E-state index contributed by atoms with van der Waals surface area (Å²) in [5.74, 6) is 0.887. The predicted molar refractivity (Wildman–Crippen MR) is 75.2 cm³/mol. The van der Waals surface area contributed by atoms with Crippen molar-refractivity contribution in [1.82, 2.24) is 25.1 Å². The van der Waals surface area contributed by atoms with Crippen LogP contribution in [-0.4, -0.2) is 19.8 Å². The van der Waals surface area contributed by atoms with Gasteiger partial charge in [0.05, 0.1) is 11.7 Å². The first-order valence-electron chi connectivity index (χ1n) is 6.80. The van der Waals surface area contributed by atoms with E-state index >= 15 is 0 Å². The van der Waals surface area contributed by atoms with E-state index in [1.54, 1.807) is 0 Å². The highest BCUT2D eigenvalue weighted by Crippen LogP contribution is 2.24. The van der Waals surface area contributed by atoms with E-state index in [4.69, 9.17) is 0 Å². The second kappa shape index (κ2) is 4.38. The van der Waals surface area contributed by atoms with Gasteiger partial charge >= 0.3 is 0 Å². The second-order valence-corrected chi connectivity index (χ2v) is 5.21. The molecule has 0 spiro atoms. The molecule has 20 heavy (non-hydrogen) atoms. The molecule has 1 N–H and O–H groups in total. The summed E-state index contributed by atoms with van der Waals surface area (Å²) in [4.78, 5) is 0. The third-order valence-electron chi connectivity index (χ3n) is 3.81. The van der Waals surface area contributed by atoms with E-state index in [1.165, 1.54) is 11.1 Å². The smallest absolute Gasteiger partial charge is 0.177 e. The van der Waals surface area contributed by atoms with Crippen molar-refractivity contribution < 1.29 is 0 Å². The summed E-state index contributed by atoms with van der Waals surface area (Å²) >= 11 is 0. The second-order valence-electron chi connectivity index (χ2n) is 5.21. The van der Waals surface area contributed by atoms with E-state index in [-0.39, 0.29) is 6.04 Å². The Bertz CT molecular complexity index is 777. The Labute approximate surface area is 116 Å². The summed E-state index contributed by atoms with van der Waals surface area (Å²) < 4.78 is 1.85. The Hall–Kier alpha value is -2.27. The van der Waals surface area contributed by atoms with Crippen LogP contribution in [0.2, 0.25) is 0 Å². The van der Waals surface area contributed by atoms with Crippen molar-refractivity contribution >= 4 is 5.65 Å². The van der Waals surface area contributed by atoms with Gasteiger partial charge in [0.1, 0.15) is 0 Å². The van der Waals surface area contributed by atoms with Crippen molar-refractivity contribution in [2.45, 2.75) is 25.9 Å². The van der Waals surface area contributed by atoms with Gasteiger partial charge in [-0.15, -0.1) is 10.2 Å². The van der Waals surface area contributed by atoms with Crippen molar-refractivity contribution in [1.29, 1.82) is 0 Å². The standard InChI is InChI=1S/C15H15N5/c1-10-6-7-14-17-18-15(20(14)19-10)13-8-11-4-2-3-5-12(11)9-16-13/h2-7,13,16H,8-9H2,1H3. The Morgan fingerprint density at radius 1 is 1.10 bits per heavy atom. The van der Waals surface area contributed by atoms with Crippen LogP contribution in [0.4, 0.5) is 0 Å². The Balaban J connectivity index is 1.76. The van der Waals surface area contributed by atoms with Gasteiger partial charge in [-0.05, 0) is 36.6 Å². The number of fused-ring (bicyclic) bond motifs is 2. The quantitative estimate of drug-likeness (QED) is 0.729. The number of rotatable bonds is 1. The predicted octanol–water partition coefficient (Wildman–Crippen LogP) is 1.82. The highest BCUT2D eigenvalue weighted by Gasteiger charge is 2.23. The zero-order valence-electron chi connectivity index (χ0n) is 11.2. The van der Waals surface area contributed by atoms with Crippen LogP contribution in [0.1, 0.15) is 28.7 Å². The lowest BCUT2D eigenvalue weighted by Crippen LogP contribution is -2.30. The molecule has 3 aromatic rings. The fourth-order valence-electron chi connectivity index (χ4n) is 2.75.